The third-order valence-electron chi connectivity index (χ3n) is 3.09. The first-order valence-electron chi connectivity index (χ1n) is 6.03. The molecular formula is C13H13ClN2O4S. The maximum atomic E-state index is 11.8. The van der Waals surface area contributed by atoms with Crippen LogP contribution in [0.15, 0.2) is 38.9 Å². The van der Waals surface area contributed by atoms with Crippen LogP contribution in [0.25, 0.3) is 0 Å². The molecule has 0 fully saturated rings. The Balaban J connectivity index is 2.58. The first kappa shape index (κ1) is 15.5. The van der Waals surface area contributed by atoms with Gasteiger partial charge in [-0.2, -0.15) is 0 Å². The summed E-state index contributed by atoms with van der Waals surface area (Å²) in [6, 6.07) is 5.73. The maximum absolute atomic E-state index is 11.8. The van der Waals surface area contributed by atoms with Gasteiger partial charge in [0, 0.05) is 16.9 Å². The molecule has 0 saturated heterocycles. The first-order valence-corrected chi connectivity index (χ1v) is 8.34. The number of H-pyrrole nitrogens is 1. The summed E-state index contributed by atoms with van der Waals surface area (Å²) in [5.41, 5.74) is 1.10. The van der Waals surface area contributed by atoms with Crippen LogP contribution in [0.5, 0.6) is 0 Å². The smallest absolute Gasteiger partial charge is 0.295 e. The van der Waals surface area contributed by atoms with E-state index in [1.807, 2.05) is 37.0 Å². The lowest BCUT2D eigenvalue weighted by molar-refractivity contribution is 0.603. The van der Waals surface area contributed by atoms with Crippen molar-refractivity contribution in [3.05, 3.63) is 61.9 Å². The van der Waals surface area contributed by atoms with Gasteiger partial charge in [-0.1, -0.05) is 23.8 Å². The number of nitrogens with zero attached hydrogens (tertiary/aromatic N) is 1. The predicted molar refractivity (Wildman–Crippen MR) is 79.4 cm³/mol. The monoisotopic (exact) mass is 328 g/mol. The number of benzene rings is 1. The van der Waals surface area contributed by atoms with Gasteiger partial charge >= 0.3 is 5.69 Å². The molecule has 0 bridgehead atoms. The topological polar surface area (TPSA) is 89.0 Å². The van der Waals surface area contributed by atoms with Crippen LogP contribution in [0.1, 0.15) is 16.7 Å². The molecule has 1 aromatic carbocycles. The molecule has 21 heavy (non-hydrogen) atoms. The van der Waals surface area contributed by atoms with E-state index in [0.717, 1.165) is 27.5 Å². The van der Waals surface area contributed by atoms with Crippen LogP contribution in [-0.4, -0.2) is 18.0 Å². The standard InChI is InChI=1S/C13H13ClN2O4S/c1-8-3-4-9(2)10(5-8)6-16-7-11(21(14,19)20)12(17)15-13(16)18/h3-5,7H,6H2,1-2H3,(H,15,17,18). The van der Waals surface area contributed by atoms with Crippen molar-refractivity contribution in [3.63, 3.8) is 0 Å². The number of rotatable bonds is 3. The fraction of sp³-hybridized carbons (Fsp3) is 0.231. The highest BCUT2D eigenvalue weighted by molar-refractivity contribution is 8.13. The number of aromatic nitrogens is 2. The highest BCUT2D eigenvalue weighted by Crippen LogP contribution is 2.13. The Bertz CT molecular complexity index is 912. The highest BCUT2D eigenvalue weighted by Gasteiger charge is 2.17. The van der Waals surface area contributed by atoms with Gasteiger partial charge in [-0.25, -0.2) is 13.2 Å². The van der Waals surface area contributed by atoms with Crippen LogP contribution < -0.4 is 11.2 Å². The fourth-order valence-electron chi connectivity index (χ4n) is 1.93. The number of nitrogens with one attached hydrogen (secondary N) is 1. The average molecular weight is 329 g/mol. The number of halogens is 1. The molecule has 2 rings (SSSR count). The number of aromatic amines is 1. The van der Waals surface area contributed by atoms with Crippen LogP contribution >= 0.6 is 10.7 Å². The molecule has 0 amide bonds. The first-order chi connectivity index (χ1) is 9.68. The van der Waals surface area contributed by atoms with Crippen LogP contribution in [-0.2, 0) is 15.6 Å². The average Bonchev–Trinajstić information content (AvgIpc) is 2.35. The lowest BCUT2D eigenvalue weighted by Gasteiger charge is -2.10. The molecule has 0 unspecified atom stereocenters. The normalized spacial score (nSPS) is 11.6. The van der Waals surface area contributed by atoms with E-state index in [4.69, 9.17) is 10.7 Å². The fourth-order valence-corrected chi connectivity index (χ4v) is 2.79. The summed E-state index contributed by atoms with van der Waals surface area (Å²) in [6.07, 6.45) is 0.964. The summed E-state index contributed by atoms with van der Waals surface area (Å²) in [5.74, 6) is 0. The Morgan fingerprint density at radius 1 is 1.24 bits per heavy atom. The molecule has 6 nitrogen and oxygen atoms in total. The minimum atomic E-state index is -4.21. The highest BCUT2D eigenvalue weighted by atomic mass is 35.7. The quantitative estimate of drug-likeness (QED) is 0.855. The molecule has 0 aliphatic carbocycles. The van der Waals surface area contributed by atoms with Crippen molar-refractivity contribution >= 4 is 19.7 Å². The third-order valence-corrected chi connectivity index (χ3v) is 4.40. The molecule has 0 aliphatic heterocycles. The van der Waals surface area contributed by atoms with Gasteiger partial charge in [-0.15, -0.1) is 0 Å². The van der Waals surface area contributed by atoms with E-state index in [2.05, 4.69) is 0 Å². The molecular weight excluding hydrogens is 316 g/mol. The summed E-state index contributed by atoms with van der Waals surface area (Å²) in [5, 5.41) is 0. The Hall–Kier alpha value is -1.86. The molecule has 0 aliphatic rings. The van der Waals surface area contributed by atoms with E-state index in [-0.39, 0.29) is 6.54 Å². The number of hydrogen-bond acceptors (Lipinski definition) is 4. The largest absolute Gasteiger partial charge is 0.328 e. The zero-order valence-electron chi connectivity index (χ0n) is 11.4. The molecule has 1 heterocycles. The van der Waals surface area contributed by atoms with Crippen LogP contribution in [0, 0.1) is 13.8 Å². The van der Waals surface area contributed by atoms with Gasteiger partial charge in [-0.05, 0) is 25.0 Å². The lowest BCUT2D eigenvalue weighted by Crippen LogP contribution is -2.32. The van der Waals surface area contributed by atoms with Crippen molar-refractivity contribution in [1.29, 1.82) is 0 Å². The van der Waals surface area contributed by atoms with E-state index in [9.17, 15) is 18.0 Å². The summed E-state index contributed by atoms with van der Waals surface area (Å²) >= 11 is 0. The van der Waals surface area contributed by atoms with Crippen molar-refractivity contribution < 1.29 is 8.42 Å². The second-order valence-electron chi connectivity index (χ2n) is 4.75. The second kappa shape index (κ2) is 5.50. The zero-order valence-corrected chi connectivity index (χ0v) is 13.0. The zero-order chi connectivity index (χ0) is 15.8. The SMILES string of the molecule is Cc1ccc(C)c(Cn2cc(S(=O)(=O)Cl)c(=O)[nH]c2=O)c1. The minimum Gasteiger partial charge on any atom is -0.295 e. The Labute approximate surface area is 125 Å². The number of hydrogen-bond donors (Lipinski definition) is 1. The molecule has 2 aromatic rings. The van der Waals surface area contributed by atoms with E-state index in [0.29, 0.717) is 0 Å². The van der Waals surface area contributed by atoms with E-state index >= 15 is 0 Å². The summed E-state index contributed by atoms with van der Waals surface area (Å²) in [6.45, 7) is 3.93. The Morgan fingerprint density at radius 3 is 2.52 bits per heavy atom. The molecule has 112 valence electrons. The summed E-state index contributed by atoms with van der Waals surface area (Å²) in [4.78, 5) is 24.6. The number of aryl methyl sites for hydroxylation is 2. The van der Waals surface area contributed by atoms with Gasteiger partial charge in [0.15, 0.2) is 4.90 Å². The predicted octanol–water partition coefficient (Wildman–Crippen LogP) is 1.13. The molecule has 1 aromatic heterocycles. The van der Waals surface area contributed by atoms with Crippen molar-refractivity contribution in [2.75, 3.05) is 0 Å². The van der Waals surface area contributed by atoms with Gasteiger partial charge in [0.05, 0.1) is 6.54 Å². The van der Waals surface area contributed by atoms with Gasteiger partial charge in [0.2, 0.25) is 0 Å². The molecule has 0 atom stereocenters. The van der Waals surface area contributed by atoms with Crippen molar-refractivity contribution in [3.8, 4) is 0 Å². The molecule has 0 spiro atoms. The van der Waals surface area contributed by atoms with E-state index in [1.54, 1.807) is 0 Å². The Kier molecular flexibility index (Phi) is 4.06. The van der Waals surface area contributed by atoms with Gasteiger partial charge < -0.3 is 0 Å². The maximum Gasteiger partial charge on any atom is 0.328 e. The third kappa shape index (κ3) is 3.43. The Morgan fingerprint density at radius 2 is 1.90 bits per heavy atom. The molecule has 0 radical (unpaired) electrons. The molecule has 0 saturated carbocycles. The molecule has 8 heteroatoms. The lowest BCUT2D eigenvalue weighted by atomic mass is 10.1. The van der Waals surface area contributed by atoms with Crippen molar-refractivity contribution in [2.24, 2.45) is 0 Å². The van der Waals surface area contributed by atoms with E-state index in [1.165, 1.54) is 0 Å². The van der Waals surface area contributed by atoms with Crippen molar-refractivity contribution in [1.82, 2.24) is 9.55 Å². The summed E-state index contributed by atoms with van der Waals surface area (Å²) in [7, 11) is 0.970. The van der Waals surface area contributed by atoms with Crippen LogP contribution in [0.3, 0.4) is 0 Å². The van der Waals surface area contributed by atoms with Crippen LogP contribution in [0.2, 0.25) is 0 Å². The van der Waals surface area contributed by atoms with Gasteiger partial charge in [0.1, 0.15) is 0 Å². The summed E-state index contributed by atoms with van der Waals surface area (Å²) < 4.78 is 23.8. The minimum absolute atomic E-state index is 0.141. The van der Waals surface area contributed by atoms with Crippen molar-refractivity contribution in [2.45, 2.75) is 25.3 Å². The van der Waals surface area contributed by atoms with Crippen LogP contribution in [0.4, 0.5) is 0 Å². The second-order valence-corrected chi connectivity index (χ2v) is 7.28. The molecule has 1 N–H and O–H groups in total. The van der Waals surface area contributed by atoms with E-state index < -0.39 is 25.2 Å². The van der Waals surface area contributed by atoms with Gasteiger partial charge in [-0.3, -0.25) is 14.3 Å². The van der Waals surface area contributed by atoms with Gasteiger partial charge in [0.25, 0.3) is 14.6 Å².